The number of nitrogens with one attached hydrogen (secondary N) is 5. The van der Waals surface area contributed by atoms with Crippen LogP contribution in [-0.2, 0) is 41.6 Å². The summed E-state index contributed by atoms with van der Waals surface area (Å²) < 4.78 is 0. The molecule has 2 aromatic rings. The molecule has 0 spiro atoms. The Morgan fingerprint density at radius 2 is 1.00 bits per heavy atom. The standard InChI is InChI=1S/C37H55N7O8/c1-20(2)16-27(32(39)47)41-34(49)28(17-21(3)4)43-36(51)30(18-24-10-8-7-9-11-24)44-35(50)29(19-25-12-14-26(46)15-13-25)42-33(48)22(5)40-37(52)31(38)23(6)45/h7-15,20-23,27-31,45-46H,16-19,38H2,1-6H3,(H2,39,47)(H,40,52)(H,41,49)(H,42,48)(H,43,51)(H,44,50)/t22-,23+,27-,28-,29-,30-,31-/m0/s1. The fourth-order valence-electron chi connectivity index (χ4n) is 5.26. The molecule has 0 heterocycles. The van der Waals surface area contributed by atoms with E-state index in [4.69, 9.17) is 11.5 Å². The van der Waals surface area contributed by atoms with Gasteiger partial charge in [-0.05, 0) is 61.8 Å². The van der Waals surface area contributed by atoms with Crippen molar-refractivity contribution in [2.45, 2.75) is 110 Å². The highest BCUT2D eigenvalue weighted by molar-refractivity contribution is 5.96. The molecule has 0 saturated carbocycles. The van der Waals surface area contributed by atoms with E-state index < -0.39 is 77.8 Å². The summed E-state index contributed by atoms with van der Waals surface area (Å²) in [5.41, 5.74) is 12.5. The van der Waals surface area contributed by atoms with Crippen LogP contribution in [0, 0.1) is 11.8 Å². The Bertz CT molecular complexity index is 1500. The van der Waals surface area contributed by atoms with Gasteiger partial charge < -0.3 is 48.3 Å². The van der Waals surface area contributed by atoms with Gasteiger partial charge in [0.2, 0.25) is 35.4 Å². The minimum atomic E-state index is -1.29. The fraction of sp³-hybridized carbons (Fsp3) is 0.514. The lowest BCUT2D eigenvalue weighted by Gasteiger charge is -2.28. The van der Waals surface area contributed by atoms with E-state index in [1.54, 1.807) is 42.5 Å². The van der Waals surface area contributed by atoms with E-state index in [1.165, 1.54) is 26.0 Å². The average molecular weight is 726 g/mol. The summed E-state index contributed by atoms with van der Waals surface area (Å²) in [7, 11) is 0. The van der Waals surface area contributed by atoms with Gasteiger partial charge in [0.05, 0.1) is 6.10 Å². The molecule has 0 bridgehead atoms. The SMILES string of the molecule is CC(C)C[C@H](NC(=O)[C@H](CC(C)C)NC(=O)[C@H](Cc1ccccc1)NC(=O)[C@H](Cc1ccc(O)cc1)NC(=O)[C@H](C)NC(=O)[C@@H](N)[C@@H](C)O)C(N)=O. The van der Waals surface area contributed by atoms with Crippen molar-refractivity contribution < 1.29 is 39.0 Å². The maximum absolute atomic E-state index is 14.0. The molecule has 0 aliphatic rings. The third-order valence-electron chi connectivity index (χ3n) is 8.21. The first kappa shape index (κ1) is 43.1. The van der Waals surface area contributed by atoms with Gasteiger partial charge in [-0.1, -0.05) is 70.2 Å². The minimum Gasteiger partial charge on any atom is -0.508 e. The number of carbonyl (C=O) groups is 6. The first-order valence-corrected chi connectivity index (χ1v) is 17.4. The molecule has 0 radical (unpaired) electrons. The summed E-state index contributed by atoms with van der Waals surface area (Å²) in [6.07, 6.45) is -0.686. The Kier molecular flexibility index (Phi) is 17.2. The molecular weight excluding hydrogens is 670 g/mol. The van der Waals surface area contributed by atoms with E-state index in [2.05, 4.69) is 26.6 Å². The summed E-state index contributed by atoms with van der Waals surface area (Å²) in [5, 5.41) is 32.6. The number of carbonyl (C=O) groups excluding carboxylic acids is 6. The van der Waals surface area contributed by atoms with Gasteiger partial charge in [-0.3, -0.25) is 28.8 Å². The smallest absolute Gasteiger partial charge is 0.243 e. The average Bonchev–Trinajstić information content (AvgIpc) is 3.07. The van der Waals surface area contributed by atoms with E-state index in [0.717, 1.165) is 0 Å². The molecule has 52 heavy (non-hydrogen) atoms. The van der Waals surface area contributed by atoms with Crippen LogP contribution in [0.15, 0.2) is 54.6 Å². The van der Waals surface area contributed by atoms with Crippen molar-refractivity contribution in [3.8, 4) is 5.75 Å². The Morgan fingerprint density at radius 3 is 1.48 bits per heavy atom. The zero-order valence-electron chi connectivity index (χ0n) is 30.7. The number of benzene rings is 2. The highest BCUT2D eigenvalue weighted by atomic mass is 16.3. The number of amides is 6. The van der Waals surface area contributed by atoms with Crippen LogP contribution in [0.25, 0.3) is 0 Å². The van der Waals surface area contributed by atoms with Gasteiger partial charge in [0.1, 0.15) is 42.0 Å². The summed E-state index contributed by atoms with van der Waals surface area (Å²) >= 11 is 0. The molecule has 0 fully saturated rings. The second-order valence-electron chi connectivity index (χ2n) is 14.0. The quantitative estimate of drug-likeness (QED) is 0.0883. The van der Waals surface area contributed by atoms with Gasteiger partial charge in [-0.2, -0.15) is 0 Å². The number of hydrogen-bond donors (Lipinski definition) is 9. The summed E-state index contributed by atoms with van der Waals surface area (Å²) in [6.45, 7) is 10.2. The normalized spacial score (nSPS) is 15.3. The van der Waals surface area contributed by atoms with Crippen molar-refractivity contribution in [1.29, 1.82) is 0 Å². The van der Waals surface area contributed by atoms with Crippen molar-refractivity contribution in [2.75, 3.05) is 0 Å². The Balaban J connectivity index is 2.40. The van der Waals surface area contributed by atoms with Gasteiger partial charge >= 0.3 is 0 Å². The Labute approximate surface area is 305 Å². The molecule has 15 nitrogen and oxygen atoms in total. The number of primary amides is 1. The van der Waals surface area contributed by atoms with E-state index in [9.17, 15) is 39.0 Å². The van der Waals surface area contributed by atoms with Crippen LogP contribution in [0.2, 0.25) is 0 Å². The fourth-order valence-corrected chi connectivity index (χ4v) is 5.26. The third-order valence-corrected chi connectivity index (χ3v) is 8.21. The zero-order chi connectivity index (χ0) is 39.1. The summed E-state index contributed by atoms with van der Waals surface area (Å²) in [5.74, 6) is -4.24. The topological polar surface area (TPSA) is 255 Å². The van der Waals surface area contributed by atoms with Crippen LogP contribution in [0.1, 0.15) is 65.5 Å². The molecule has 15 heteroatoms. The van der Waals surface area contributed by atoms with E-state index in [0.29, 0.717) is 17.5 Å². The van der Waals surface area contributed by atoms with Crippen LogP contribution >= 0.6 is 0 Å². The van der Waals surface area contributed by atoms with E-state index in [1.807, 2.05) is 27.7 Å². The van der Waals surface area contributed by atoms with Crippen LogP contribution < -0.4 is 38.1 Å². The lowest BCUT2D eigenvalue weighted by molar-refractivity contribution is -0.135. The lowest BCUT2D eigenvalue weighted by Crippen LogP contribution is -2.60. The summed E-state index contributed by atoms with van der Waals surface area (Å²) in [4.78, 5) is 79.2. The first-order valence-electron chi connectivity index (χ1n) is 17.4. The maximum atomic E-state index is 14.0. The lowest BCUT2D eigenvalue weighted by atomic mass is 9.99. The van der Waals surface area contributed by atoms with Crippen LogP contribution in [0.5, 0.6) is 5.75 Å². The molecule has 6 amide bonds. The van der Waals surface area contributed by atoms with Gasteiger partial charge in [0.15, 0.2) is 0 Å². The highest BCUT2D eigenvalue weighted by Gasteiger charge is 2.33. The van der Waals surface area contributed by atoms with Gasteiger partial charge in [-0.25, -0.2) is 0 Å². The number of rotatable bonds is 20. The van der Waals surface area contributed by atoms with Crippen LogP contribution in [-0.4, -0.2) is 88.0 Å². The van der Waals surface area contributed by atoms with Crippen LogP contribution in [0.4, 0.5) is 0 Å². The largest absolute Gasteiger partial charge is 0.508 e. The van der Waals surface area contributed by atoms with Gasteiger partial charge in [-0.15, -0.1) is 0 Å². The summed E-state index contributed by atoms with van der Waals surface area (Å²) in [6, 6.07) is 7.89. The molecule has 2 rings (SSSR count). The van der Waals surface area contributed by atoms with Gasteiger partial charge in [0, 0.05) is 12.8 Å². The molecule has 0 aliphatic carbocycles. The van der Waals surface area contributed by atoms with Crippen molar-refractivity contribution in [3.63, 3.8) is 0 Å². The second kappa shape index (κ2) is 20.7. The monoisotopic (exact) mass is 725 g/mol. The second-order valence-corrected chi connectivity index (χ2v) is 14.0. The number of aliphatic hydroxyl groups is 1. The third kappa shape index (κ3) is 14.7. The van der Waals surface area contributed by atoms with E-state index in [-0.39, 0.29) is 36.8 Å². The first-order chi connectivity index (χ1) is 24.4. The predicted octanol–water partition coefficient (Wildman–Crippen LogP) is -0.0931. The van der Waals surface area contributed by atoms with Crippen molar-refractivity contribution in [1.82, 2.24) is 26.6 Å². The molecule has 0 aliphatic heterocycles. The van der Waals surface area contributed by atoms with Crippen molar-refractivity contribution in [2.24, 2.45) is 23.3 Å². The van der Waals surface area contributed by atoms with Gasteiger partial charge in [0.25, 0.3) is 0 Å². The molecule has 2 aromatic carbocycles. The van der Waals surface area contributed by atoms with Crippen molar-refractivity contribution in [3.05, 3.63) is 65.7 Å². The molecule has 0 unspecified atom stereocenters. The van der Waals surface area contributed by atoms with E-state index >= 15 is 0 Å². The Morgan fingerprint density at radius 1 is 0.577 bits per heavy atom. The molecule has 286 valence electrons. The van der Waals surface area contributed by atoms with Crippen molar-refractivity contribution >= 4 is 35.4 Å². The molecule has 11 N–H and O–H groups in total. The highest BCUT2D eigenvalue weighted by Crippen LogP contribution is 2.14. The minimum absolute atomic E-state index is 0.00878. The molecule has 7 atom stereocenters. The number of phenols is 1. The predicted molar refractivity (Wildman–Crippen MR) is 195 cm³/mol. The number of aliphatic hydroxyl groups excluding tert-OH is 1. The molecular formula is C37H55N7O8. The van der Waals surface area contributed by atoms with Crippen LogP contribution in [0.3, 0.4) is 0 Å². The zero-order valence-corrected chi connectivity index (χ0v) is 30.7. The number of aromatic hydroxyl groups is 1. The number of hydrogen-bond acceptors (Lipinski definition) is 9. The molecule has 0 aromatic heterocycles. The number of nitrogens with two attached hydrogens (primary N) is 2. The number of phenolic OH excluding ortho intramolecular Hbond substituents is 1. The maximum Gasteiger partial charge on any atom is 0.243 e. The molecule has 0 saturated heterocycles. The Hall–Kier alpha value is -5.02.